The number of carbonyl (C=O) groups is 1. The zero-order chi connectivity index (χ0) is 20.7. The lowest BCUT2D eigenvalue weighted by Gasteiger charge is -2.42. The highest BCUT2D eigenvalue weighted by Gasteiger charge is 2.55. The Bertz CT molecular complexity index is 686. The summed E-state index contributed by atoms with van der Waals surface area (Å²) >= 11 is 0. The summed E-state index contributed by atoms with van der Waals surface area (Å²) in [6.07, 6.45) is -3.51. The van der Waals surface area contributed by atoms with Crippen molar-refractivity contribution in [2.75, 3.05) is 0 Å². The summed E-state index contributed by atoms with van der Waals surface area (Å²) in [4.78, 5) is 12.5. The maximum Gasteiger partial charge on any atom is 0.408 e. The maximum absolute atomic E-state index is 12.5. The molecule has 0 aliphatic carbocycles. The van der Waals surface area contributed by atoms with Crippen LogP contribution in [0.4, 0.5) is 4.79 Å². The summed E-state index contributed by atoms with van der Waals surface area (Å²) in [5.74, 6) is -0.802. The van der Waals surface area contributed by atoms with Crippen LogP contribution in [0.2, 0.25) is 0 Å². The van der Waals surface area contributed by atoms with E-state index in [4.69, 9.17) is 18.9 Å². The predicted molar refractivity (Wildman–Crippen MR) is 103 cm³/mol. The zero-order valence-electron chi connectivity index (χ0n) is 17.3. The standard InChI is InChI=1S/C21H31NO6/c1-12-16-18(27-21(5,6)26-16)15(23)17(25-12)14(13-10-8-7-9-11-13)22-19(24)28-20(2,3)4/h7-12,14-18,23H,1-6H3,(H,22,24)/t12-,14-,15+,16+,17-,18-/m0/s1. The molecular formula is C21H31NO6. The number of aliphatic hydroxyl groups is 1. The Kier molecular flexibility index (Phi) is 5.74. The fourth-order valence-electron chi connectivity index (χ4n) is 3.76. The lowest BCUT2D eigenvalue weighted by Crippen LogP contribution is -2.59. The molecule has 0 aromatic heterocycles. The van der Waals surface area contributed by atoms with E-state index in [1.54, 1.807) is 20.8 Å². The Labute approximate surface area is 166 Å². The molecular weight excluding hydrogens is 362 g/mol. The number of ether oxygens (including phenoxy) is 4. The van der Waals surface area contributed by atoms with Crippen LogP contribution in [0.15, 0.2) is 30.3 Å². The normalized spacial score (nSPS) is 33.0. The van der Waals surface area contributed by atoms with Gasteiger partial charge < -0.3 is 29.4 Å². The first-order valence-corrected chi connectivity index (χ1v) is 9.70. The molecule has 156 valence electrons. The van der Waals surface area contributed by atoms with E-state index >= 15 is 0 Å². The van der Waals surface area contributed by atoms with Gasteiger partial charge in [0.15, 0.2) is 5.79 Å². The van der Waals surface area contributed by atoms with Crippen LogP contribution in [-0.2, 0) is 18.9 Å². The molecule has 2 aliphatic rings. The average molecular weight is 393 g/mol. The zero-order valence-corrected chi connectivity index (χ0v) is 17.3. The van der Waals surface area contributed by atoms with Crippen molar-refractivity contribution in [2.45, 2.75) is 89.5 Å². The Balaban J connectivity index is 1.86. The molecule has 2 N–H and O–H groups in total. The molecule has 7 nitrogen and oxygen atoms in total. The van der Waals surface area contributed by atoms with Crippen LogP contribution < -0.4 is 5.32 Å². The molecule has 3 rings (SSSR count). The van der Waals surface area contributed by atoms with Crippen molar-refractivity contribution in [1.82, 2.24) is 5.32 Å². The molecule has 2 saturated heterocycles. The van der Waals surface area contributed by atoms with Gasteiger partial charge in [0.05, 0.1) is 12.1 Å². The van der Waals surface area contributed by atoms with Gasteiger partial charge in [0.25, 0.3) is 0 Å². The van der Waals surface area contributed by atoms with Gasteiger partial charge in [0.2, 0.25) is 0 Å². The van der Waals surface area contributed by atoms with Gasteiger partial charge >= 0.3 is 6.09 Å². The number of alkyl carbamates (subject to hydrolysis) is 1. The largest absolute Gasteiger partial charge is 0.444 e. The minimum Gasteiger partial charge on any atom is -0.444 e. The molecule has 6 atom stereocenters. The van der Waals surface area contributed by atoms with Crippen molar-refractivity contribution in [1.29, 1.82) is 0 Å². The number of nitrogens with one attached hydrogen (secondary N) is 1. The average Bonchev–Trinajstić information content (AvgIpc) is 2.92. The first-order valence-electron chi connectivity index (χ1n) is 9.70. The first kappa shape index (κ1) is 21.0. The highest BCUT2D eigenvalue weighted by molar-refractivity contribution is 5.68. The molecule has 2 aliphatic heterocycles. The number of amides is 1. The third-order valence-electron chi connectivity index (χ3n) is 4.83. The number of fused-ring (bicyclic) bond motifs is 1. The Morgan fingerprint density at radius 1 is 1.18 bits per heavy atom. The van der Waals surface area contributed by atoms with Crippen molar-refractivity contribution in [3.8, 4) is 0 Å². The Morgan fingerprint density at radius 2 is 1.79 bits per heavy atom. The minimum atomic E-state index is -0.983. The molecule has 2 heterocycles. The van der Waals surface area contributed by atoms with Crippen LogP contribution in [0.5, 0.6) is 0 Å². The van der Waals surface area contributed by atoms with Gasteiger partial charge in [-0.15, -0.1) is 0 Å². The lowest BCUT2D eigenvalue weighted by molar-refractivity contribution is -0.190. The number of hydrogen-bond donors (Lipinski definition) is 2. The number of hydrogen-bond acceptors (Lipinski definition) is 6. The summed E-state index contributed by atoms with van der Waals surface area (Å²) in [7, 11) is 0. The van der Waals surface area contributed by atoms with Crippen LogP contribution in [0, 0.1) is 0 Å². The second kappa shape index (κ2) is 7.63. The van der Waals surface area contributed by atoms with Crippen LogP contribution in [0.25, 0.3) is 0 Å². The molecule has 1 aromatic carbocycles. The van der Waals surface area contributed by atoms with Gasteiger partial charge in [-0.2, -0.15) is 0 Å². The third kappa shape index (κ3) is 4.66. The second-order valence-corrected chi connectivity index (χ2v) is 8.90. The summed E-state index contributed by atoms with van der Waals surface area (Å²) in [6, 6.07) is 8.79. The first-order chi connectivity index (χ1) is 13.0. The van der Waals surface area contributed by atoms with Gasteiger partial charge in [0, 0.05) is 0 Å². The molecule has 28 heavy (non-hydrogen) atoms. The van der Waals surface area contributed by atoms with Crippen LogP contribution in [0.1, 0.15) is 53.1 Å². The molecule has 0 bridgehead atoms. The summed E-state index contributed by atoms with van der Waals surface area (Å²) in [5, 5.41) is 13.9. The number of benzene rings is 1. The van der Waals surface area contributed by atoms with Gasteiger partial charge in [-0.25, -0.2) is 4.79 Å². The van der Waals surface area contributed by atoms with E-state index < -0.39 is 41.8 Å². The van der Waals surface area contributed by atoms with E-state index in [9.17, 15) is 9.90 Å². The molecule has 0 saturated carbocycles. The third-order valence-corrected chi connectivity index (χ3v) is 4.83. The van der Waals surface area contributed by atoms with E-state index in [0.717, 1.165) is 5.56 Å². The molecule has 7 heteroatoms. The van der Waals surface area contributed by atoms with E-state index in [2.05, 4.69) is 5.32 Å². The molecule has 0 unspecified atom stereocenters. The van der Waals surface area contributed by atoms with E-state index in [0.29, 0.717) is 0 Å². The summed E-state index contributed by atoms with van der Waals surface area (Å²) in [6.45, 7) is 10.9. The number of rotatable bonds is 3. The fourth-order valence-corrected chi connectivity index (χ4v) is 3.76. The maximum atomic E-state index is 12.5. The monoisotopic (exact) mass is 393 g/mol. The molecule has 1 aromatic rings. The fraction of sp³-hybridized carbons (Fsp3) is 0.667. The van der Waals surface area contributed by atoms with Crippen molar-refractivity contribution in [2.24, 2.45) is 0 Å². The SMILES string of the molecule is C[C@@H]1O[C@@H]([C@@H](NC(=O)OC(C)(C)C)c2ccccc2)[C@@H](O)[C@@H]2OC(C)(C)O[C@@H]21. The van der Waals surface area contributed by atoms with Crippen molar-refractivity contribution in [3.63, 3.8) is 0 Å². The minimum absolute atomic E-state index is 0.313. The van der Waals surface area contributed by atoms with Crippen LogP contribution >= 0.6 is 0 Å². The van der Waals surface area contributed by atoms with Crippen molar-refractivity contribution in [3.05, 3.63) is 35.9 Å². The van der Waals surface area contributed by atoms with E-state index in [1.807, 2.05) is 51.1 Å². The van der Waals surface area contributed by atoms with E-state index in [-0.39, 0.29) is 12.2 Å². The van der Waals surface area contributed by atoms with Crippen molar-refractivity contribution >= 4 is 6.09 Å². The van der Waals surface area contributed by atoms with Crippen molar-refractivity contribution < 1.29 is 28.8 Å². The van der Waals surface area contributed by atoms with Gasteiger partial charge in [-0.3, -0.25) is 0 Å². The summed E-state index contributed by atoms with van der Waals surface area (Å²) in [5.41, 5.74) is 0.170. The van der Waals surface area contributed by atoms with Gasteiger partial charge in [-0.1, -0.05) is 30.3 Å². The smallest absolute Gasteiger partial charge is 0.408 e. The Morgan fingerprint density at radius 3 is 2.39 bits per heavy atom. The van der Waals surface area contributed by atoms with Crippen LogP contribution in [0.3, 0.4) is 0 Å². The predicted octanol–water partition coefficient (Wildman–Crippen LogP) is 2.92. The van der Waals surface area contributed by atoms with Gasteiger partial charge in [0.1, 0.15) is 30.0 Å². The summed E-state index contributed by atoms with van der Waals surface area (Å²) < 4.78 is 23.4. The second-order valence-electron chi connectivity index (χ2n) is 8.90. The van der Waals surface area contributed by atoms with E-state index in [1.165, 1.54) is 0 Å². The molecule has 0 spiro atoms. The lowest BCUT2D eigenvalue weighted by atomic mass is 9.88. The Hall–Kier alpha value is -1.67. The molecule has 0 radical (unpaired) electrons. The molecule has 2 fully saturated rings. The topological polar surface area (TPSA) is 86.3 Å². The highest BCUT2D eigenvalue weighted by Crippen LogP contribution is 2.40. The number of carbonyl (C=O) groups excluding carboxylic acids is 1. The quantitative estimate of drug-likeness (QED) is 0.821. The number of aliphatic hydroxyl groups excluding tert-OH is 1. The molecule has 1 amide bonds. The highest BCUT2D eigenvalue weighted by atomic mass is 16.8. The van der Waals surface area contributed by atoms with Gasteiger partial charge in [-0.05, 0) is 47.1 Å². The van der Waals surface area contributed by atoms with Crippen LogP contribution in [-0.4, -0.2) is 53.1 Å².